The average molecular weight is 438 g/mol. The Kier molecular flexibility index (Phi) is 9.81. The summed E-state index contributed by atoms with van der Waals surface area (Å²) in [5.41, 5.74) is 6.04. The monoisotopic (exact) mass is 438 g/mol. The van der Waals surface area contributed by atoms with Crippen LogP contribution in [0.3, 0.4) is 0 Å². The van der Waals surface area contributed by atoms with Crippen LogP contribution in [0.1, 0.15) is 13.3 Å². The Bertz CT molecular complexity index is 539. The Hall–Kier alpha value is -0.930. The number of nitrogens with two attached hydrogens (primary N) is 1. The molecule has 0 amide bonds. The van der Waals surface area contributed by atoms with Gasteiger partial charge in [-0.25, -0.2) is 0 Å². The maximum Gasteiger partial charge on any atom is 0.306 e. The molecule has 0 spiro atoms. The second-order valence-corrected chi connectivity index (χ2v) is 7.51. The lowest BCUT2D eigenvalue weighted by Gasteiger charge is -2.47. The Balaban J connectivity index is 2.12. The molecule has 10 atom stereocenters. The van der Waals surface area contributed by atoms with Crippen LogP contribution in [0.4, 0.5) is 0 Å². The minimum Gasteiger partial charge on any atom is -0.469 e. The van der Waals surface area contributed by atoms with Crippen molar-refractivity contribution in [3.05, 3.63) is 0 Å². The fourth-order valence-electron chi connectivity index (χ4n) is 3.70. The summed E-state index contributed by atoms with van der Waals surface area (Å²) in [6, 6.07) is -1.75. The van der Waals surface area contributed by atoms with Gasteiger partial charge in [-0.1, -0.05) is 6.92 Å². The molecule has 2 saturated heterocycles. The van der Waals surface area contributed by atoms with Crippen molar-refractivity contribution in [1.82, 2.24) is 5.32 Å². The highest BCUT2D eigenvalue weighted by atomic mass is 16.7. The fourth-order valence-corrected chi connectivity index (χ4v) is 3.70. The Labute approximate surface area is 175 Å². The highest BCUT2D eigenvalue weighted by Gasteiger charge is 2.49. The van der Waals surface area contributed by atoms with Gasteiger partial charge in [-0.3, -0.25) is 4.79 Å². The zero-order valence-corrected chi connectivity index (χ0v) is 17.4. The number of aliphatic hydroxyl groups excluding tert-OH is 4. The van der Waals surface area contributed by atoms with Gasteiger partial charge < -0.3 is 55.2 Å². The van der Waals surface area contributed by atoms with Crippen molar-refractivity contribution < 1.29 is 48.9 Å². The van der Waals surface area contributed by atoms with Gasteiger partial charge in [0.05, 0.1) is 51.0 Å². The number of carbonyl (C=O) groups excluding carboxylic acids is 1. The molecule has 0 aliphatic carbocycles. The molecular formula is C18H34N2O10. The Morgan fingerprint density at radius 1 is 1.07 bits per heavy atom. The first-order valence-electron chi connectivity index (χ1n) is 9.91. The van der Waals surface area contributed by atoms with Crippen molar-refractivity contribution in [2.24, 2.45) is 11.7 Å². The number of carbonyl (C=O) groups is 1. The molecule has 176 valence electrons. The van der Waals surface area contributed by atoms with Gasteiger partial charge in [0.25, 0.3) is 0 Å². The highest BCUT2D eigenvalue weighted by molar-refractivity contribution is 5.69. The summed E-state index contributed by atoms with van der Waals surface area (Å²) in [6.07, 6.45) is -7.03. The van der Waals surface area contributed by atoms with Gasteiger partial charge in [-0.15, -0.1) is 0 Å². The molecule has 10 unspecified atom stereocenters. The summed E-state index contributed by atoms with van der Waals surface area (Å²) in [5, 5.41) is 43.5. The minimum absolute atomic E-state index is 0.0595. The predicted octanol–water partition coefficient (Wildman–Crippen LogP) is -3.34. The van der Waals surface area contributed by atoms with E-state index in [0.29, 0.717) is 0 Å². The molecule has 2 fully saturated rings. The predicted molar refractivity (Wildman–Crippen MR) is 101 cm³/mol. The van der Waals surface area contributed by atoms with Crippen molar-refractivity contribution >= 4 is 5.97 Å². The second-order valence-electron chi connectivity index (χ2n) is 7.51. The minimum atomic E-state index is -1.24. The highest BCUT2D eigenvalue weighted by Crippen LogP contribution is 2.30. The quantitative estimate of drug-likeness (QED) is 0.197. The van der Waals surface area contributed by atoms with E-state index in [1.54, 1.807) is 6.92 Å². The van der Waals surface area contributed by atoms with Gasteiger partial charge in [0.15, 0.2) is 12.6 Å². The molecule has 2 heterocycles. The molecule has 0 aromatic rings. The lowest BCUT2D eigenvalue weighted by atomic mass is 9.89. The molecule has 0 bridgehead atoms. The number of ether oxygens (including phenoxy) is 5. The number of esters is 1. The van der Waals surface area contributed by atoms with Crippen molar-refractivity contribution in [3.63, 3.8) is 0 Å². The van der Waals surface area contributed by atoms with E-state index in [4.69, 9.17) is 24.7 Å². The van der Waals surface area contributed by atoms with Crippen molar-refractivity contribution in [2.45, 2.75) is 68.5 Å². The summed E-state index contributed by atoms with van der Waals surface area (Å²) in [7, 11) is 2.66. The van der Waals surface area contributed by atoms with Crippen LogP contribution in [-0.4, -0.2) is 116 Å². The molecule has 0 saturated carbocycles. The average Bonchev–Trinajstić information content (AvgIpc) is 2.75. The van der Waals surface area contributed by atoms with E-state index in [-0.39, 0.29) is 19.6 Å². The number of rotatable bonds is 9. The molecule has 7 N–H and O–H groups in total. The van der Waals surface area contributed by atoms with Gasteiger partial charge in [0, 0.05) is 19.6 Å². The Morgan fingerprint density at radius 2 is 1.70 bits per heavy atom. The van der Waals surface area contributed by atoms with E-state index in [1.165, 1.54) is 14.2 Å². The van der Waals surface area contributed by atoms with Crippen LogP contribution in [-0.2, 0) is 28.5 Å². The second kappa shape index (κ2) is 11.6. The summed E-state index contributed by atoms with van der Waals surface area (Å²) >= 11 is 0. The molecular weight excluding hydrogens is 404 g/mol. The molecule has 2 rings (SSSR count). The molecule has 0 aromatic heterocycles. The van der Waals surface area contributed by atoms with Crippen LogP contribution in [0.15, 0.2) is 0 Å². The summed E-state index contributed by atoms with van der Waals surface area (Å²) < 4.78 is 27.1. The van der Waals surface area contributed by atoms with Gasteiger partial charge in [0.1, 0.15) is 18.3 Å². The first-order chi connectivity index (χ1) is 14.3. The third kappa shape index (κ3) is 5.65. The summed E-state index contributed by atoms with van der Waals surface area (Å²) in [6.45, 7) is 1.04. The Morgan fingerprint density at radius 3 is 2.27 bits per heavy atom. The van der Waals surface area contributed by atoms with Crippen LogP contribution in [0.2, 0.25) is 0 Å². The number of aliphatic hydroxyl groups is 4. The zero-order chi connectivity index (χ0) is 22.4. The molecule has 12 heteroatoms. The van der Waals surface area contributed by atoms with Gasteiger partial charge in [0.2, 0.25) is 0 Å². The molecule has 12 nitrogen and oxygen atoms in total. The number of methoxy groups -OCH3 is 2. The van der Waals surface area contributed by atoms with Crippen molar-refractivity contribution in [3.8, 4) is 0 Å². The number of hydrogen-bond acceptors (Lipinski definition) is 12. The molecule has 0 radical (unpaired) electrons. The van der Waals surface area contributed by atoms with E-state index < -0.39 is 73.7 Å². The standard InChI is InChI=1S/C18H34N2O10/c1-8-9(6-21)28-17(12(19)14(8)24)30-16-10(7-22)29-18(27-3)13(15(16)25)20-5-4-11(23)26-2/h8-10,12-18,20-22,24-25H,4-7,19H2,1-3H3. The van der Waals surface area contributed by atoms with Crippen molar-refractivity contribution in [1.29, 1.82) is 0 Å². The van der Waals surface area contributed by atoms with Gasteiger partial charge >= 0.3 is 5.97 Å². The van der Waals surface area contributed by atoms with E-state index in [0.717, 1.165) is 0 Å². The van der Waals surface area contributed by atoms with Crippen LogP contribution >= 0.6 is 0 Å². The van der Waals surface area contributed by atoms with Gasteiger partial charge in [-0.05, 0) is 0 Å². The molecule has 0 aromatic carbocycles. The van der Waals surface area contributed by atoms with E-state index in [1.807, 2.05) is 0 Å². The first-order valence-corrected chi connectivity index (χ1v) is 9.91. The zero-order valence-electron chi connectivity index (χ0n) is 17.4. The maximum absolute atomic E-state index is 11.3. The normalized spacial score (nSPS) is 42.1. The SMILES string of the molecule is COC(=O)CCNC1C(OC)OC(CO)C(OC2OC(CO)C(C)C(O)C2N)C1O. The lowest BCUT2D eigenvalue weighted by Crippen LogP contribution is -2.67. The summed E-state index contributed by atoms with van der Waals surface area (Å²) in [5.74, 6) is -0.847. The maximum atomic E-state index is 11.3. The van der Waals surface area contributed by atoms with E-state index >= 15 is 0 Å². The van der Waals surface area contributed by atoms with Crippen molar-refractivity contribution in [2.75, 3.05) is 34.0 Å². The van der Waals surface area contributed by atoms with Crippen LogP contribution in [0.25, 0.3) is 0 Å². The fraction of sp³-hybridized carbons (Fsp3) is 0.944. The number of nitrogens with one attached hydrogen (secondary N) is 1. The van der Waals surface area contributed by atoms with Crippen LogP contribution in [0.5, 0.6) is 0 Å². The third-order valence-corrected chi connectivity index (χ3v) is 5.64. The van der Waals surface area contributed by atoms with Crippen LogP contribution in [0, 0.1) is 5.92 Å². The molecule has 30 heavy (non-hydrogen) atoms. The topological polar surface area (TPSA) is 182 Å². The van der Waals surface area contributed by atoms with Crippen LogP contribution < -0.4 is 11.1 Å². The molecule has 2 aliphatic heterocycles. The van der Waals surface area contributed by atoms with E-state index in [2.05, 4.69) is 10.1 Å². The third-order valence-electron chi connectivity index (χ3n) is 5.64. The lowest BCUT2D eigenvalue weighted by molar-refractivity contribution is -0.324. The molecule has 2 aliphatic rings. The van der Waals surface area contributed by atoms with Gasteiger partial charge in [-0.2, -0.15) is 0 Å². The largest absolute Gasteiger partial charge is 0.469 e. The first kappa shape index (κ1) is 25.3. The van der Waals surface area contributed by atoms with E-state index in [9.17, 15) is 25.2 Å². The number of hydrogen-bond donors (Lipinski definition) is 6. The smallest absolute Gasteiger partial charge is 0.306 e. The summed E-state index contributed by atoms with van der Waals surface area (Å²) in [4.78, 5) is 11.3.